The molecule has 2 heterocycles. The van der Waals surface area contributed by atoms with E-state index in [2.05, 4.69) is 11.0 Å². The van der Waals surface area contributed by atoms with Crippen LogP contribution in [0, 0.1) is 5.82 Å². The molecule has 2 fully saturated rings. The molecule has 0 atom stereocenters. The van der Waals surface area contributed by atoms with Crippen molar-refractivity contribution in [3.05, 3.63) is 41.7 Å². The van der Waals surface area contributed by atoms with Crippen LogP contribution in [0.5, 0.6) is 0 Å². The van der Waals surface area contributed by atoms with Crippen molar-refractivity contribution >= 4 is 6.08 Å². The predicted molar refractivity (Wildman–Crippen MR) is 80.6 cm³/mol. The quantitative estimate of drug-likeness (QED) is 0.854. The van der Waals surface area contributed by atoms with Crippen LogP contribution in [0.2, 0.25) is 0 Å². The molecule has 0 amide bonds. The molecule has 1 aromatic rings. The lowest BCUT2D eigenvalue weighted by Crippen LogP contribution is -2.54. The molecule has 2 aliphatic heterocycles. The molecule has 0 bridgehead atoms. The predicted octanol–water partition coefficient (Wildman–Crippen LogP) is 2.72. The summed E-state index contributed by atoms with van der Waals surface area (Å²) in [5, 5.41) is 0. The molecule has 0 aromatic heterocycles. The molecule has 0 saturated carbocycles. The molecule has 4 heteroatoms. The zero-order chi connectivity index (χ0) is 14.5. The Morgan fingerprint density at radius 3 is 2.67 bits per heavy atom. The van der Waals surface area contributed by atoms with E-state index in [9.17, 15) is 4.39 Å². The largest absolute Gasteiger partial charge is 0.381 e. The van der Waals surface area contributed by atoms with Crippen LogP contribution >= 0.6 is 0 Å². The minimum absolute atomic E-state index is 0.000214. The van der Waals surface area contributed by atoms with E-state index in [0.717, 1.165) is 57.9 Å². The van der Waals surface area contributed by atoms with Crippen LogP contribution in [0.3, 0.4) is 0 Å². The van der Waals surface area contributed by atoms with Gasteiger partial charge in [0.15, 0.2) is 0 Å². The van der Waals surface area contributed by atoms with Gasteiger partial charge < -0.3 is 9.47 Å². The average molecular weight is 291 g/mol. The highest BCUT2D eigenvalue weighted by atomic mass is 19.1. The van der Waals surface area contributed by atoms with E-state index >= 15 is 0 Å². The lowest BCUT2D eigenvalue weighted by molar-refractivity contribution is -0.151. The number of rotatable bonds is 3. The van der Waals surface area contributed by atoms with E-state index in [1.165, 1.54) is 12.1 Å². The van der Waals surface area contributed by atoms with Gasteiger partial charge >= 0.3 is 0 Å². The van der Waals surface area contributed by atoms with Crippen LogP contribution in [0.25, 0.3) is 6.08 Å². The van der Waals surface area contributed by atoms with Crippen molar-refractivity contribution in [2.24, 2.45) is 0 Å². The van der Waals surface area contributed by atoms with Crippen molar-refractivity contribution in [2.45, 2.75) is 18.4 Å². The Kier molecular flexibility index (Phi) is 4.68. The first kappa shape index (κ1) is 14.7. The first-order valence-corrected chi connectivity index (χ1v) is 7.62. The first-order chi connectivity index (χ1) is 10.3. The van der Waals surface area contributed by atoms with Crippen LogP contribution in [0.4, 0.5) is 4.39 Å². The first-order valence-electron chi connectivity index (χ1n) is 7.62. The van der Waals surface area contributed by atoms with Crippen LogP contribution in [-0.2, 0) is 9.47 Å². The van der Waals surface area contributed by atoms with Gasteiger partial charge in [0.25, 0.3) is 0 Å². The van der Waals surface area contributed by atoms with Crippen molar-refractivity contribution < 1.29 is 13.9 Å². The lowest BCUT2D eigenvalue weighted by Gasteiger charge is -2.44. The van der Waals surface area contributed by atoms with E-state index < -0.39 is 0 Å². The summed E-state index contributed by atoms with van der Waals surface area (Å²) in [5.74, 6) is -0.193. The monoisotopic (exact) mass is 291 g/mol. The zero-order valence-electron chi connectivity index (χ0n) is 12.3. The maximum Gasteiger partial charge on any atom is 0.123 e. The average Bonchev–Trinajstić information content (AvgIpc) is 2.50. The highest BCUT2D eigenvalue weighted by Gasteiger charge is 2.37. The topological polar surface area (TPSA) is 21.7 Å². The molecule has 2 saturated heterocycles. The lowest BCUT2D eigenvalue weighted by atomic mass is 9.92. The van der Waals surface area contributed by atoms with Gasteiger partial charge in [-0.3, -0.25) is 4.90 Å². The van der Waals surface area contributed by atoms with Crippen molar-refractivity contribution in [1.29, 1.82) is 0 Å². The molecule has 1 spiro atoms. The Morgan fingerprint density at radius 2 is 1.90 bits per heavy atom. The number of morpholine rings is 1. The normalized spacial score (nSPS) is 22.9. The van der Waals surface area contributed by atoms with Gasteiger partial charge in [-0.05, 0) is 17.7 Å². The molecule has 0 N–H and O–H groups in total. The second kappa shape index (κ2) is 6.69. The molecule has 0 aliphatic carbocycles. The fraction of sp³-hybridized carbons (Fsp3) is 0.529. The van der Waals surface area contributed by atoms with Crippen LogP contribution in [0.15, 0.2) is 30.3 Å². The van der Waals surface area contributed by atoms with Crippen LogP contribution in [-0.4, -0.2) is 50.0 Å². The van der Waals surface area contributed by atoms with Crippen LogP contribution < -0.4 is 0 Å². The molecule has 1 aromatic carbocycles. The van der Waals surface area contributed by atoms with E-state index in [0.29, 0.717) is 0 Å². The summed E-state index contributed by atoms with van der Waals surface area (Å²) in [6.45, 7) is 5.26. The number of nitrogens with zero attached hydrogens (tertiary/aromatic N) is 1. The third-order valence-electron chi connectivity index (χ3n) is 4.28. The van der Waals surface area contributed by atoms with E-state index in [4.69, 9.17) is 9.47 Å². The Bertz CT molecular complexity index is 475. The number of hydrogen-bond donors (Lipinski definition) is 0. The Hall–Kier alpha value is -1.23. The van der Waals surface area contributed by atoms with Crippen molar-refractivity contribution in [3.8, 4) is 0 Å². The number of halogens is 1. The summed E-state index contributed by atoms with van der Waals surface area (Å²) in [4.78, 5) is 2.43. The fourth-order valence-electron chi connectivity index (χ4n) is 3.04. The third kappa shape index (κ3) is 3.90. The molecule has 0 unspecified atom stereocenters. The minimum Gasteiger partial charge on any atom is -0.381 e. The van der Waals surface area contributed by atoms with E-state index in [-0.39, 0.29) is 11.4 Å². The smallest absolute Gasteiger partial charge is 0.123 e. The SMILES string of the molecule is Fc1ccc(C=CCN2CCOC3(CCOCC3)C2)cc1. The van der Waals surface area contributed by atoms with Gasteiger partial charge in [0.2, 0.25) is 0 Å². The molecule has 2 aliphatic rings. The summed E-state index contributed by atoms with van der Waals surface area (Å²) in [6.07, 6.45) is 6.17. The Morgan fingerprint density at radius 1 is 1.14 bits per heavy atom. The van der Waals surface area contributed by atoms with E-state index in [1.807, 2.05) is 6.08 Å². The highest BCUT2D eigenvalue weighted by Crippen LogP contribution is 2.28. The molecule has 21 heavy (non-hydrogen) atoms. The van der Waals surface area contributed by atoms with Gasteiger partial charge in [-0.2, -0.15) is 0 Å². The van der Waals surface area contributed by atoms with Crippen molar-refractivity contribution in [1.82, 2.24) is 4.90 Å². The standard InChI is InChI=1S/C17H22FNO2/c18-16-5-3-15(4-6-16)2-1-9-19-10-13-21-17(14-19)7-11-20-12-8-17/h1-6H,7-14H2. The Labute approximate surface area is 125 Å². The van der Waals surface area contributed by atoms with Gasteiger partial charge in [0, 0.05) is 45.7 Å². The molecule has 3 rings (SSSR count). The summed E-state index contributed by atoms with van der Waals surface area (Å²) >= 11 is 0. The number of ether oxygens (including phenoxy) is 2. The molecular weight excluding hydrogens is 269 g/mol. The molecule has 0 radical (unpaired) electrons. The van der Waals surface area contributed by atoms with Crippen molar-refractivity contribution in [3.63, 3.8) is 0 Å². The van der Waals surface area contributed by atoms with Gasteiger partial charge in [-0.1, -0.05) is 24.3 Å². The molecular formula is C17H22FNO2. The van der Waals surface area contributed by atoms with Crippen LogP contribution in [0.1, 0.15) is 18.4 Å². The Balaban J connectivity index is 1.53. The van der Waals surface area contributed by atoms with Gasteiger partial charge in [0.1, 0.15) is 5.82 Å². The zero-order valence-corrected chi connectivity index (χ0v) is 12.3. The van der Waals surface area contributed by atoms with Gasteiger partial charge in [-0.15, -0.1) is 0 Å². The second-order valence-electron chi connectivity index (χ2n) is 5.83. The summed E-state index contributed by atoms with van der Waals surface area (Å²) in [6, 6.07) is 6.58. The number of hydrogen-bond acceptors (Lipinski definition) is 3. The highest BCUT2D eigenvalue weighted by molar-refractivity contribution is 5.48. The van der Waals surface area contributed by atoms with Crippen molar-refractivity contribution in [2.75, 3.05) is 39.5 Å². The van der Waals surface area contributed by atoms with E-state index in [1.54, 1.807) is 12.1 Å². The van der Waals surface area contributed by atoms with Gasteiger partial charge in [-0.25, -0.2) is 4.39 Å². The number of benzene rings is 1. The molecule has 114 valence electrons. The third-order valence-corrected chi connectivity index (χ3v) is 4.28. The second-order valence-corrected chi connectivity index (χ2v) is 5.83. The fourth-order valence-corrected chi connectivity index (χ4v) is 3.04. The maximum absolute atomic E-state index is 12.8. The maximum atomic E-state index is 12.8. The molecule has 3 nitrogen and oxygen atoms in total. The minimum atomic E-state index is -0.193. The summed E-state index contributed by atoms with van der Waals surface area (Å²) in [7, 11) is 0. The summed E-state index contributed by atoms with van der Waals surface area (Å²) < 4.78 is 24.3. The summed E-state index contributed by atoms with van der Waals surface area (Å²) in [5.41, 5.74) is 1.03. The van der Waals surface area contributed by atoms with Gasteiger partial charge in [0.05, 0.1) is 12.2 Å².